The molecule has 0 saturated carbocycles. The van der Waals surface area contributed by atoms with Crippen LogP contribution in [0.4, 0.5) is 0 Å². The lowest BCUT2D eigenvalue weighted by atomic mass is 9.92. The molecule has 0 aromatic heterocycles. The summed E-state index contributed by atoms with van der Waals surface area (Å²) in [7, 11) is 1.67. The van der Waals surface area contributed by atoms with Gasteiger partial charge in [0.15, 0.2) is 5.78 Å². The maximum atomic E-state index is 13.1. The monoisotopic (exact) mass is 449 g/mol. The average molecular weight is 450 g/mol. The Morgan fingerprint density at radius 1 is 1.00 bits per heavy atom. The fraction of sp³-hybridized carbons (Fsp3) is 0.240. The van der Waals surface area contributed by atoms with Crippen molar-refractivity contribution in [3.63, 3.8) is 0 Å². The molecule has 0 bridgehead atoms. The third-order valence-corrected chi connectivity index (χ3v) is 6.18. The molecule has 4 heteroatoms. The van der Waals surface area contributed by atoms with Crippen LogP contribution in [-0.4, -0.2) is 24.3 Å². The number of carbonyl (C=O) groups is 1. The molecule has 0 radical (unpaired) electrons. The number of Topliss-reactive ketones (excluding diaryl/α,β-unsaturated/α-hetero) is 1. The predicted molar refractivity (Wildman–Crippen MR) is 119 cm³/mol. The van der Waals surface area contributed by atoms with Crippen LogP contribution in [0.3, 0.4) is 0 Å². The quantitative estimate of drug-likeness (QED) is 0.443. The summed E-state index contributed by atoms with van der Waals surface area (Å²) >= 11 is 3.44. The summed E-state index contributed by atoms with van der Waals surface area (Å²) in [5, 5.41) is 0. The van der Waals surface area contributed by atoms with Gasteiger partial charge in [-0.15, -0.1) is 0 Å². The van der Waals surface area contributed by atoms with Crippen LogP contribution in [0.5, 0.6) is 5.75 Å². The Balaban J connectivity index is 1.62. The molecule has 0 aliphatic carbocycles. The zero-order valence-corrected chi connectivity index (χ0v) is 18.1. The number of hydrogen-bond donors (Lipinski definition) is 0. The smallest absolute Gasteiger partial charge is 0.164 e. The van der Waals surface area contributed by atoms with Gasteiger partial charge in [0.05, 0.1) is 7.11 Å². The molecule has 29 heavy (non-hydrogen) atoms. The summed E-state index contributed by atoms with van der Waals surface area (Å²) in [5.74, 6) is 0.993. The molecule has 0 N–H and O–H groups in total. The van der Waals surface area contributed by atoms with Crippen LogP contribution in [0.2, 0.25) is 0 Å². The molecule has 0 amide bonds. The zero-order valence-electron chi connectivity index (χ0n) is 16.5. The van der Waals surface area contributed by atoms with Crippen LogP contribution in [0.15, 0.2) is 77.3 Å². The summed E-state index contributed by atoms with van der Waals surface area (Å²) in [6.07, 6.45) is 1.46. The number of halogens is 1. The first kappa shape index (κ1) is 19.9. The highest BCUT2D eigenvalue weighted by molar-refractivity contribution is 9.10. The molecule has 0 saturated heterocycles. The highest BCUT2D eigenvalue weighted by atomic mass is 79.9. The van der Waals surface area contributed by atoms with Crippen LogP contribution < -0.4 is 4.74 Å². The van der Waals surface area contributed by atoms with Crippen LogP contribution in [0, 0.1) is 0 Å². The average Bonchev–Trinajstić information content (AvgIpc) is 2.77. The summed E-state index contributed by atoms with van der Waals surface area (Å²) in [4.78, 5) is 15.5. The number of benzene rings is 3. The molecule has 0 fully saturated rings. The van der Waals surface area contributed by atoms with Crippen molar-refractivity contribution in [1.29, 1.82) is 0 Å². The fourth-order valence-electron chi connectivity index (χ4n) is 4.00. The first-order valence-corrected chi connectivity index (χ1v) is 10.7. The van der Waals surface area contributed by atoms with E-state index in [2.05, 4.69) is 57.2 Å². The standard InChI is InChI=1S/C25H24BrNO2/c1-29-23-12-8-19(9-13-23)24(16-25(28)20-6-10-22(26)11-7-20)27-15-14-18-4-2-3-5-21(18)17-27/h2-13,24H,14-17H2,1H3. The Morgan fingerprint density at radius 2 is 1.69 bits per heavy atom. The SMILES string of the molecule is COc1ccc(C(CC(=O)c2ccc(Br)cc2)N2CCc3ccccc3C2)cc1. The van der Waals surface area contributed by atoms with Crippen molar-refractivity contribution >= 4 is 21.7 Å². The van der Waals surface area contributed by atoms with E-state index in [-0.39, 0.29) is 11.8 Å². The largest absolute Gasteiger partial charge is 0.497 e. The van der Waals surface area contributed by atoms with Crippen molar-refractivity contribution in [3.8, 4) is 5.75 Å². The van der Waals surface area contributed by atoms with Crippen molar-refractivity contribution in [2.75, 3.05) is 13.7 Å². The Labute approximate surface area is 180 Å². The molecular weight excluding hydrogens is 426 g/mol. The van der Waals surface area contributed by atoms with E-state index in [1.165, 1.54) is 11.1 Å². The van der Waals surface area contributed by atoms with Gasteiger partial charge in [0, 0.05) is 35.6 Å². The van der Waals surface area contributed by atoms with Crippen molar-refractivity contribution in [3.05, 3.63) is 99.5 Å². The van der Waals surface area contributed by atoms with E-state index in [0.717, 1.165) is 40.9 Å². The Bertz CT molecular complexity index is 982. The molecule has 148 valence electrons. The van der Waals surface area contributed by atoms with Gasteiger partial charge in [-0.3, -0.25) is 9.69 Å². The molecule has 4 rings (SSSR count). The minimum absolute atomic E-state index is 0.0328. The second kappa shape index (κ2) is 8.93. The lowest BCUT2D eigenvalue weighted by Crippen LogP contribution is -2.35. The lowest BCUT2D eigenvalue weighted by molar-refractivity contribution is 0.0903. The summed E-state index contributed by atoms with van der Waals surface area (Å²) in [6, 6.07) is 24.4. The van der Waals surface area contributed by atoms with Crippen LogP contribution in [0.25, 0.3) is 0 Å². The van der Waals surface area contributed by atoms with E-state index in [0.29, 0.717) is 6.42 Å². The zero-order chi connectivity index (χ0) is 20.2. The molecule has 0 spiro atoms. The van der Waals surface area contributed by atoms with Gasteiger partial charge in [0.2, 0.25) is 0 Å². The minimum atomic E-state index is 0.0328. The molecule has 1 aliphatic rings. The highest BCUT2D eigenvalue weighted by Gasteiger charge is 2.27. The maximum Gasteiger partial charge on any atom is 0.164 e. The van der Waals surface area contributed by atoms with E-state index in [9.17, 15) is 4.79 Å². The van der Waals surface area contributed by atoms with E-state index in [1.807, 2.05) is 36.4 Å². The minimum Gasteiger partial charge on any atom is -0.497 e. The van der Waals surface area contributed by atoms with Crippen LogP contribution in [-0.2, 0) is 13.0 Å². The third kappa shape index (κ3) is 4.60. The van der Waals surface area contributed by atoms with E-state index in [1.54, 1.807) is 7.11 Å². The number of ketones is 1. The van der Waals surface area contributed by atoms with Crippen molar-refractivity contribution in [2.45, 2.75) is 25.4 Å². The Kier molecular flexibility index (Phi) is 6.12. The maximum absolute atomic E-state index is 13.1. The van der Waals surface area contributed by atoms with Gasteiger partial charge in [0.1, 0.15) is 5.75 Å². The number of hydrogen-bond acceptors (Lipinski definition) is 3. The number of fused-ring (bicyclic) bond motifs is 1. The van der Waals surface area contributed by atoms with Gasteiger partial charge < -0.3 is 4.74 Å². The van der Waals surface area contributed by atoms with Crippen molar-refractivity contribution < 1.29 is 9.53 Å². The number of carbonyl (C=O) groups excluding carboxylic acids is 1. The van der Waals surface area contributed by atoms with Gasteiger partial charge in [0.25, 0.3) is 0 Å². The van der Waals surface area contributed by atoms with Gasteiger partial charge >= 0.3 is 0 Å². The number of ether oxygens (including phenoxy) is 1. The molecule has 3 aromatic rings. The highest BCUT2D eigenvalue weighted by Crippen LogP contribution is 2.32. The fourth-order valence-corrected chi connectivity index (χ4v) is 4.26. The second-order valence-electron chi connectivity index (χ2n) is 7.41. The Hall–Kier alpha value is -2.43. The van der Waals surface area contributed by atoms with Crippen LogP contribution in [0.1, 0.15) is 39.5 Å². The third-order valence-electron chi connectivity index (χ3n) is 5.65. The molecule has 1 heterocycles. The molecule has 1 unspecified atom stereocenters. The number of methoxy groups -OCH3 is 1. The van der Waals surface area contributed by atoms with Crippen molar-refractivity contribution in [2.24, 2.45) is 0 Å². The first-order valence-electron chi connectivity index (χ1n) is 9.87. The Morgan fingerprint density at radius 3 is 2.38 bits per heavy atom. The van der Waals surface area contributed by atoms with Gasteiger partial charge in [-0.05, 0) is 47.4 Å². The van der Waals surface area contributed by atoms with Gasteiger partial charge in [-0.1, -0.05) is 64.5 Å². The molecule has 3 aromatic carbocycles. The first-order chi connectivity index (χ1) is 14.1. The van der Waals surface area contributed by atoms with E-state index in [4.69, 9.17) is 4.74 Å². The van der Waals surface area contributed by atoms with Gasteiger partial charge in [-0.2, -0.15) is 0 Å². The normalized spacial score (nSPS) is 14.8. The summed E-state index contributed by atoms with van der Waals surface area (Å²) < 4.78 is 6.30. The van der Waals surface area contributed by atoms with Crippen LogP contribution >= 0.6 is 15.9 Å². The summed E-state index contributed by atoms with van der Waals surface area (Å²) in [6.45, 7) is 1.81. The molecule has 3 nitrogen and oxygen atoms in total. The molecule has 1 aliphatic heterocycles. The number of rotatable bonds is 6. The van der Waals surface area contributed by atoms with Gasteiger partial charge in [-0.25, -0.2) is 0 Å². The topological polar surface area (TPSA) is 29.5 Å². The molecular formula is C25H24BrNO2. The van der Waals surface area contributed by atoms with E-state index < -0.39 is 0 Å². The summed E-state index contributed by atoms with van der Waals surface area (Å²) in [5.41, 5.74) is 4.67. The molecule has 1 atom stereocenters. The van der Waals surface area contributed by atoms with E-state index >= 15 is 0 Å². The number of nitrogens with zero attached hydrogens (tertiary/aromatic N) is 1. The predicted octanol–water partition coefficient (Wildman–Crippen LogP) is 5.83. The second-order valence-corrected chi connectivity index (χ2v) is 8.33. The van der Waals surface area contributed by atoms with Crippen molar-refractivity contribution in [1.82, 2.24) is 4.90 Å². The lowest BCUT2D eigenvalue weighted by Gasteiger charge is -2.36.